The molecule has 38 heavy (non-hydrogen) atoms. The van der Waals surface area contributed by atoms with Crippen LogP contribution in [0.3, 0.4) is 0 Å². The molecule has 0 N–H and O–H groups in total. The van der Waals surface area contributed by atoms with E-state index in [1.807, 2.05) is 38.2 Å². The smallest absolute Gasteiger partial charge is 0.159 e. The molecule has 0 bridgehead atoms. The number of hydrogen-bond acceptors (Lipinski definition) is 4. The summed E-state index contributed by atoms with van der Waals surface area (Å²) in [4.78, 5) is 9.41. The lowest BCUT2D eigenvalue weighted by atomic mass is 10.1. The molecule has 1 atom stereocenters. The second-order valence-electron chi connectivity index (χ2n) is 9.46. The average Bonchev–Trinajstić information content (AvgIpc) is 3.48. The Labute approximate surface area is 227 Å². The van der Waals surface area contributed by atoms with Gasteiger partial charge in [-0.3, -0.25) is 0 Å². The van der Waals surface area contributed by atoms with E-state index in [1.165, 1.54) is 36.9 Å². The maximum atomic E-state index is 6.34. The molecule has 1 aliphatic rings. The summed E-state index contributed by atoms with van der Waals surface area (Å²) >= 11 is 0. The topological polar surface area (TPSA) is 32.5 Å². The number of benzene rings is 3. The molecular formula is C34H41N3O. The molecule has 1 unspecified atom stereocenters. The van der Waals surface area contributed by atoms with Crippen molar-refractivity contribution in [3.8, 4) is 0 Å². The monoisotopic (exact) mass is 507 g/mol. The molecule has 0 aliphatic carbocycles. The van der Waals surface area contributed by atoms with E-state index < -0.39 is 0 Å². The van der Waals surface area contributed by atoms with Crippen molar-refractivity contribution in [1.29, 1.82) is 0 Å². The first-order chi connectivity index (χ1) is 18.7. The van der Waals surface area contributed by atoms with Crippen molar-refractivity contribution < 1.29 is 4.42 Å². The van der Waals surface area contributed by atoms with Gasteiger partial charge in [0, 0.05) is 22.7 Å². The van der Waals surface area contributed by atoms with Crippen LogP contribution in [-0.2, 0) is 0 Å². The van der Waals surface area contributed by atoms with Gasteiger partial charge >= 0.3 is 0 Å². The lowest BCUT2D eigenvalue weighted by Gasteiger charge is -2.30. The molecule has 4 heteroatoms. The molecule has 0 spiro atoms. The number of pyridine rings is 1. The van der Waals surface area contributed by atoms with Crippen LogP contribution in [0.2, 0.25) is 0 Å². The molecular weight excluding hydrogens is 466 g/mol. The second kappa shape index (κ2) is 12.6. The number of fused-ring (bicyclic) bond motifs is 4. The molecule has 0 saturated heterocycles. The van der Waals surface area contributed by atoms with E-state index in [2.05, 4.69) is 98.2 Å². The molecule has 1 aliphatic heterocycles. The summed E-state index contributed by atoms with van der Waals surface area (Å²) < 4.78 is 6.34. The molecule has 3 aromatic carbocycles. The minimum Gasteiger partial charge on any atom is -0.454 e. The Hall–Kier alpha value is -3.79. The molecule has 198 valence electrons. The van der Waals surface area contributed by atoms with Gasteiger partial charge in [0.25, 0.3) is 0 Å². The predicted octanol–water partition coefficient (Wildman–Crippen LogP) is 10.5. The van der Waals surface area contributed by atoms with Crippen LogP contribution in [0.1, 0.15) is 65.9 Å². The number of anilines is 4. The third-order valence-electron chi connectivity index (χ3n) is 6.98. The molecule has 2 aromatic heterocycles. The molecule has 0 amide bonds. The van der Waals surface area contributed by atoms with Gasteiger partial charge in [0.05, 0.1) is 11.4 Å². The fourth-order valence-corrected chi connectivity index (χ4v) is 5.16. The van der Waals surface area contributed by atoms with Crippen LogP contribution >= 0.6 is 0 Å². The lowest BCUT2D eigenvalue weighted by Crippen LogP contribution is -2.35. The minimum absolute atomic E-state index is 0.0508. The third kappa shape index (κ3) is 5.13. The maximum absolute atomic E-state index is 6.34. The molecule has 0 radical (unpaired) electrons. The van der Waals surface area contributed by atoms with Crippen LogP contribution in [-0.4, -0.2) is 11.1 Å². The third-order valence-corrected chi connectivity index (χ3v) is 6.98. The summed E-state index contributed by atoms with van der Waals surface area (Å²) in [7, 11) is 0. The Balaban J connectivity index is 0.000000374. The van der Waals surface area contributed by atoms with Crippen LogP contribution in [0.5, 0.6) is 0 Å². The minimum atomic E-state index is 0.0508. The number of para-hydroxylation sites is 3. The van der Waals surface area contributed by atoms with Gasteiger partial charge in [-0.2, -0.15) is 0 Å². The van der Waals surface area contributed by atoms with Crippen LogP contribution < -0.4 is 9.80 Å². The Morgan fingerprint density at radius 2 is 1.34 bits per heavy atom. The predicted molar refractivity (Wildman–Crippen MR) is 164 cm³/mol. The van der Waals surface area contributed by atoms with E-state index in [0.29, 0.717) is 0 Å². The van der Waals surface area contributed by atoms with Crippen LogP contribution in [0.25, 0.3) is 21.9 Å². The van der Waals surface area contributed by atoms with Gasteiger partial charge in [-0.25, -0.2) is 4.98 Å². The quantitative estimate of drug-likeness (QED) is 0.221. The summed E-state index contributed by atoms with van der Waals surface area (Å²) in [5.41, 5.74) is 6.36. The number of aromatic nitrogens is 1. The number of rotatable bonds is 5. The Kier molecular flexibility index (Phi) is 9.06. The van der Waals surface area contributed by atoms with Gasteiger partial charge in [0.1, 0.15) is 11.7 Å². The van der Waals surface area contributed by atoms with Crippen molar-refractivity contribution in [1.82, 2.24) is 4.98 Å². The summed E-state index contributed by atoms with van der Waals surface area (Å²) in [5, 5.41) is 2.28. The highest BCUT2D eigenvalue weighted by molar-refractivity contribution is 6.10. The Morgan fingerprint density at radius 3 is 2.08 bits per heavy atom. The first-order valence-electron chi connectivity index (χ1n) is 14.1. The highest BCUT2D eigenvalue weighted by Gasteiger charge is 2.37. The zero-order valence-electron chi connectivity index (χ0n) is 23.7. The normalized spacial score (nSPS) is 14.1. The molecule has 3 heterocycles. The van der Waals surface area contributed by atoms with E-state index >= 15 is 0 Å². The Bertz CT molecular complexity index is 1470. The van der Waals surface area contributed by atoms with Crippen LogP contribution in [0.4, 0.5) is 22.9 Å². The van der Waals surface area contributed by atoms with Crippen LogP contribution in [0.15, 0.2) is 89.5 Å². The van der Waals surface area contributed by atoms with Crippen LogP contribution in [0, 0.1) is 6.92 Å². The number of unbranched alkanes of at least 4 members (excludes halogenated alkanes) is 3. The van der Waals surface area contributed by atoms with Crippen molar-refractivity contribution in [3.05, 3.63) is 90.6 Å². The fraction of sp³-hybridized carbons (Fsp3) is 0.324. The number of aryl methyl sites for hydroxylation is 1. The van der Waals surface area contributed by atoms with Crippen molar-refractivity contribution in [2.75, 3.05) is 9.80 Å². The van der Waals surface area contributed by atoms with E-state index in [4.69, 9.17) is 9.40 Å². The van der Waals surface area contributed by atoms with Crippen molar-refractivity contribution in [3.63, 3.8) is 0 Å². The maximum Gasteiger partial charge on any atom is 0.159 e. The SMILES string of the molecule is CC.CCCCCC.Cc1ccccc1N1c2ncccc2N(c2cccc3c2oc2ccccc23)C1C. The van der Waals surface area contributed by atoms with Crippen molar-refractivity contribution in [2.45, 2.75) is 73.4 Å². The zero-order chi connectivity index (χ0) is 27.1. The van der Waals surface area contributed by atoms with Crippen molar-refractivity contribution in [2.24, 2.45) is 0 Å². The van der Waals surface area contributed by atoms with Gasteiger partial charge in [-0.15, -0.1) is 0 Å². The summed E-state index contributed by atoms with van der Waals surface area (Å²) in [6.45, 7) is 12.8. The highest BCUT2D eigenvalue weighted by Crippen LogP contribution is 2.49. The average molecular weight is 508 g/mol. The molecule has 4 nitrogen and oxygen atoms in total. The van der Waals surface area contributed by atoms with Gasteiger partial charge < -0.3 is 14.2 Å². The molecule has 6 rings (SSSR count). The lowest BCUT2D eigenvalue weighted by molar-refractivity contribution is 0.663. The molecule has 0 saturated carbocycles. The fourth-order valence-electron chi connectivity index (χ4n) is 5.16. The van der Waals surface area contributed by atoms with Crippen molar-refractivity contribution >= 4 is 44.8 Å². The van der Waals surface area contributed by atoms with Gasteiger partial charge in [0.2, 0.25) is 0 Å². The number of hydrogen-bond donors (Lipinski definition) is 0. The Morgan fingerprint density at radius 1 is 0.711 bits per heavy atom. The van der Waals surface area contributed by atoms with Gasteiger partial charge in [-0.05, 0) is 49.7 Å². The number of nitrogens with zero attached hydrogens (tertiary/aromatic N) is 3. The summed E-state index contributed by atoms with van der Waals surface area (Å²) in [6.07, 6.45) is 7.45. The van der Waals surface area contributed by atoms with Gasteiger partial charge in [-0.1, -0.05) is 102 Å². The summed E-state index contributed by atoms with van der Waals surface area (Å²) in [5.74, 6) is 0.965. The largest absolute Gasteiger partial charge is 0.454 e. The van der Waals surface area contributed by atoms with E-state index in [-0.39, 0.29) is 6.17 Å². The highest BCUT2D eigenvalue weighted by atomic mass is 16.3. The van der Waals surface area contributed by atoms with E-state index in [9.17, 15) is 0 Å². The first kappa shape index (κ1) is 27.3. The zero-order valence-corrected chi connectivity index (χ0v) is 23.7. The van der Waals surface area contributed by atoms with Gasteiger partial charge in [0.15, 0.2) is 11.4 Å². The first-order valence-corrected chi connectivity index (χ1v) is 14.1. The summed E-state index contributed by atoms with van der Waals surface area (Å²) in [6, 6.07) is 27.2. The molecule has 0 fully saturated rings. The second-order valence-corrected chi connectivity index (χ2v) is 9.46. The number of furan rings is 1. The molecule has 5 aromatic rings. The van der Waals surface area contributed by atoms with E-state index in [0.717, 1.165) is 39.1 Å². The van der Waals surface area contributed by atoms with E-state index in [1.54, 1.807) is 0 Å². The standard InChI is InChI=1S/C26H21N3O.C6H14.C2H6/c1-17-9-3-5-12-21(17)29-18(2)28(23-14-8-16-27-26(23)29)22-13-7-11-20-19-10-4-6-15-24(19)30-25(20)22;1-3-5-6-4-2;1-2/h3-16,18H,1-2H3;3-6H2,1-2H3;1-2H3.